The summed E-state index contributed by atoms with van der Waals surface area (Å²) in [6, 6.07) is -1.42. The minimum absolute atomic E-state index is 0.0217. The topological polar surface area (TPSA) is 119 Å². The number of likely N-dealkylation sites (N-methyl/N-ethyl adjacent to an activating group) is 1. The first kappa shape index (κ1) is 21.1. The number of aliphatic carboxylic acids is 1. The van der Waals surface area contributed by atoms with Gasteiger partial charge in [-0.1, -0.05) is 6.92 Å². The molecule has 148 valence electrons. The third-order valence-electron chi connectivity index (χ3n) is 5.36. The number of carbonyl (C=O) groups is 3. The van der Waals surface area contributed by atoms with Gasteiger partial charge >= 0.3 is 5.97 Å². The van der Waals surface area contributed by atoms with E-state index >= 15 is 0 Å². The average molecular weight is 388 g/mol. The van der Waals surface area contributed by atoms with E-state index in [2.05, 4.69) is 10.6 Å². The lowest BCUT2D eigenvalue weighted by atomic mass is 9.88. The molecule has 0 saturated carbocycles. The molecule has 2 saturated heterocycles. The maximum atomic E-state index is 12.1. The molecule has 8 nitrogen and oxygen atoms in total. The Morgan fingerprint density at radius 1 is 1.35 bits per heavy atom. The van der Waals surface area contributed by atoms with E-state index in [1.165, 1.54) is 0 Å². The maximum absolute atomic E-state index is 12.1. The van der Waals surface area contributed by atoms with Crippen molar-refractivity contribution in [2.45, 2.75) is 55.0 Å². The lowest BCUT2D eigenvalue weighted by Gasteiger charge is -2.27. The Morgan fingerprint density at radius 2 is 2.00 bits per heavy atom. The Labute approximate surface area is 158 Å². The van der Waals surface area contributed by atoms with Crippen LogP contribution >= 0.6 is 11.8 Å². The molecular weight excluding hydrogens is 358 g/mol. The molecule has 0 aliphatic carbocycles. The van der Waals surface area contributed by atoms with Crippen LogP contribution in [-0.4, -0.2) is 88.6 Å². The zero-order chi connectivity index (χ0) is 19.6. The third-order valence-corrected chi connectivity index (χ3v) is 7.12. The van der Waals surface area contributed by atoms with Gasteiger partial charge in [-0.25, -0.2) is 0 Å². The molecule has 0 aromatic heterocycles. The van der Waals surface area contributed by atoms with Gasteiger partial charge in [-0.15, -0.1) is 0 Å². The number of hydrogen-bond acceptors (Lipinski definition) is 7. The molecule has 2 heterocycles. The smallest absolute Gasteiger partial charge is 0.321 e. The summed E-state index contributed by atoms with van der Waals surface area (Å²) in [4.78, 5) is 36.8. The minimum atomic E-state index is -0.959. The van der Waals surface area contributed by atoms with E-state index in [4.69, 9.17) is 0 Å². The molecule has 2 rings (SSSR count). The lowest BCUT2D eigenvalue weighted by molar-refractivity contribution is -0.139. The summed E-state index contributed by atoms with van der Waals surface area (Å²) in [5, 5.41) is 25.6. The van der Waals surface area contributed by atoms with Gasteiger partial charge in [-0.05, 0) is 19.3 Å². The van der Waals surface area contributed by atoms with E-state index in [0.717, 1.165) is 0 Å². The number of rotatable bonds is 7. The number of amides is 1. The van der Waals surface area contributed by atoms with Crippen molar-refractivity contribution < 1.29 is 24.6 Å². The number of aldehydes is 1. The van der Waals surface area contributed by atoms with E-state index in [1.54, 1.807) is 37.7 Å². The number of carboxylic acid groups (broad SMARTS) is 1. The molecule has 8 unspecified atom stereocenters. The van der Waals surface area contributed by atoms with Crippen molar-refractivity contribution in [2.75, 3.05) is 20.6 Å². The molecule has 0 aromatic carbocycles. The van der Waals surface area contributed by atoms with E-state index in [1.807, 2.05) is 6.92 Å². The SMILES string of the molecule is CC(O)C(C=O)C1NC(C(=O)O)C(SC2CNC(C(=O)N(C)C)C2)C1C. The molecule has 0 spiro atoms. The predicted octanol–water partition coefficient (Wildman–Crippen LogP) is -0.836. The predicted molar refractivity (Wildman–Crippen MR) is 99.0 cm³/mol. The second-order valence-electron chi connectivity index (χ2n) is 7.47. The van der Waals surface area contributed by atoms with Gasteiger partial charge < -0.3 is 25.2 Å². The molecule has 0 radical (unpaired) electrons. The molecule has 2 aliphatic rings. The van der Waals surface area contributed by atoms with Crippen molar-refractivity contribution in [1.82, 2.24) is 15.5 Å². The molecule has 4 N–H and O–H groups in total. The fourth-order valence-electron chi connectivity index (χ4n) is 3.87. The zero-order valence-corrected chi connectivity index (χ0v) is 16.4. The molecule has 0 bridgehead atoms. The van der Waals surface area contributed by atoms with Crippen LogP contribution in [0.25, 0.3) is 0 Å². The van der Waals surface area contributed by atoms with Crippen molar-refractivity contribution >= 4 is 29.9 Å². The van der Waals surface area contributed by atoms with Gasteiger partial charge in [0.2, 0.25) is 5.91 Å². The number of carboxylic acids is 1. The van der Waals surface area contributed by atoms with Gasteiger partial charge in [0.1, 0.15) is 12.3 Å². The molecular formula is C17H29N3O5S. The number of thioether (sulfide) groups is 1. The highest BCUT2D eigenvalue weighted by atomic mass is 32.2. The van der Waals surface area contributed by atoms with Gasteiger partial charge in [0.15, 0.2) is 0 Å². The first-order valence-electron chi connectivity index (χ1n) is 8.89. The summed E-state index contributed by atoms with van der Waals surface area (Å²) >= 11 is 1.56. The first-order valence-corrected chi connectivity index (χ1v) is 9.83. The van der Waals surface area contributed by atoms with Crippen molar-refractivity contribution in [1.29, 1.82) is 0 Å². The first-order chi connectivity index (χ1) is 12.2. The molecule has 1 amide bonds. The van der Waals surface area contributed by atoms with Gasteiger partial charge in [0, 0.05) is 37.2 Å². The van der Waals surface area contributed by atoms with Crippen LogP contribution in [0.4, 0.5) is 0 Å². The summed E-state index contributed by atoms with van der Waals surface area (Å²) in [7, 11) is 3.43. The van der Waals surface area contributed by atoms with Gasteiger partial charge in [0.05, 0.1) is 18.1 Å². The highest BCUT2D eigenvalue weighted by Gasteiger charge is 2.49. The van der Waals surface area contributed by atoms with Crippen LogP contribution in [-0.2, 0) is 14.4 Å². The summed E-state index contributed by atoms with van der Waals surface area (Å²) in [6.45, 7) is 4.10. The highest BCUT2D eigenvalue weighted by molar-refractivity contribution is 8.00. The van der Waals surface area contributed by atoms with Gasteiger partial charge in [-0.2, -0.15) is 11.8 Å². The third kappa shape index (κ3) is 4.39. The highest BCUT2D eigenvalue weighted by Crippen LogP contribution is 2.39. The summed E-state index contributed by atoms with van der Waals surface area (Å²) in [5.41, 5.74) is 0. The average Bonchev–Trinajstić information content (AvgIpc) is 3.14. The molecule has 9 heteroatoms. The maximum Gasteiger partial charge on any atom is 0.321 e. The summed E-state index contributed by atoms with van der Waals surface area (Å²) in [6.07, 6.45) is 0.504. The second kappa shape index (κ2) is 8.69. The van der Waals surface area contributed by atoms with Gasteiger partial charge in [-0.3, -0.25) is 14.9 Å². The number of nitrogens with one attached hydrogen (secondary N) is 2. The van der Waals surface area contributed by atoms with Gasteiger partial charge in [0.25, 0.3) is 0 Å². The Hall–Kier alpha value is -1.16. The van der Waals surface area contributed by atoms with Crippen LogP contribution in [0.15, 0.2) is 0 Å². The quantitative estimate of drug-likeness (QED) is 0.418. The fraction of sp³-hybridized carbons (Fsp3) is 0.824. The van der Waals surface area contributed by atoms with Crippen LogP contribution in [0.3, 0.4) is 0 Å². The normalized spacial score (nSPS) is 36.5. The molecule has 26 heavy (non-hydrogen) atoms. The monoisotopic (exact) mass is 387 g/mol. The van der Waals surface area contributed by atoms with Crippen molar-refractivity contribution in [3.63, 3.8) is 0 Å². The summed E-state index contributed by atoms with van der Waals surface area (Å²) < 4.78 is 0. The Balaban J connectivity index is 2.08. The van der Waals surface area contributed by atoms with Crippen molar-refractivity contribution in [2.24, 2.45) is 11.8 Å². The van der Waals surface area contributed by atoms with Crippen LogP contribution in [0.5, 0.6) is 0 Å². The largest absolute Gasteiger partial charge is 0.480 e. The van der Waals surface area contributed by atoms with Crippen LogP contribution in [0.1, 0.15) is 20.3 Å². The Bertz CT molecular complexity index is 544. The lowest BCUT2D eigenvalue weighted by Crippen LogP contribution is -2.45. The number of carbonyl (C=O) groups excluding carboxylic acids is 2. The molecule has 0 aromatic rings. The Morgan fingerprint density at radius 3 is 2.50 bits per heavy atom. The molecule has 2 aliphatic heterocycles. The van der Waals surface area contributed by atoms with E-state index in [0.29, 0.717) is 19.3 Å². The van der Waals surface area contributed by atoms with E-state index in [-0.39, 0.29) is 34.4 Å². The zero-order valence-electron chi connectivity index (χ0n) is 15.6. The Kier molecular flexibility index (Phi) is 7.06. The standard InChI is InChI=1S/C17H29N3O5S/c1-8-13(11(7-21)9(2)22)19-14(17(24)25)15(8)26-10-5-12(18-6-10)16(23)20(3)4/h7-15,18-19,22H,5-6H2,1-4H3,(H,24,25). The van der Waals surface area contributed by atoms with E-state index < -0.39 is 24.0 Å². The second-order valence-corrected chi connectivity index (χ2v) is 8.96. The van der Waals surface area contributed by atoms with Crippen molar-refractivity contribution in [3.8, 4) is 0 Å². The molecule has 2 fully saturated rings. The van der Waals surface area contributed by atoms with Crippen LogP contribution in [0, 0.1) is 11.8 Å². The number of aliphatic hydroxyl groups is 1. The van der Waals surface area contributed by atoms with Crippen LogP contribution in [0.2, 0.25) is 0 Å². The number of nitrogens with zero attached hydrogens (tertiary/aromatic N) is 1. The van der Waals surface area contributed by atoms with Crippen molar-refractivity contribution in [3.05, 3.63) is 0 Å². The number of hydrogen-bond donors (Lipinski definition) is 4. The number of aliphatic hydroxyl groups excluding tert-OH is 1. The summed E-state index contributed by atoms with van der Waals surface area (Å²) in [5.74, 6) is -1.69. The fourth-order valence-corrected chi connectivity index (χ4v) is 5.57. The molecule has 8 atom stereocenters. The van der Waals surface area contributed by atoms with E-state index in [9.17, 15) is 24.6 Å². The minimum Gasteiger partial charge on any atom is -0.480 e. The van der Waals surface area contributed by atoms with Crippen LogP contribution < -0.4 is 10.6 Å².